The largest absolute Gasteiger partial charge is 0.317 e. The second-order valence-corrected chi connectivity index (χ2v) is 7.74. The molecule has 0 radical (unpaired) electrons. The van der Waals surface area contributed by atoms with Crippen LogP contribution in [-0.4, -0.2) is 33.0 Å². The Morgan fingerprint density at radius 2 is 2.06 bits per heavy atom. The van der Waals surface area contributed by atoms with Crippen molar-refractivity contribution in [3.63, 3.8) is 0 Å². The molecule has 0 aromatic heterocycles. The monoisotopic (exact) mass is 261 g/mol. The average Bonchev–Trinajstić information content (AvgIpc) is 2.29. The number of sulfone groups is 1. The van der Waals surface area contributed by atoms with Crippen molar-refractivity contribution in [1.82, 2.24) is 5.32 Å². The Kier molecular flexibility index (Phi) is 5.93. The first-order chi connectivity index (χ1) is 7.99. The Balaban J connectivity index is 2.58. The molecule has 1 saturated carbocycles. The standard InChI is InChI=1S/C13H27NO2S/c1-4-5-9-13(14-2)11-7-6-8-12(10-11)17(3,15)16/h11-14H,4-10H2,1-3H3. The van der Waals surface area contributed by atoms with Gasteiger partial charge in [-0.05, 0) is 38.6 Å². The molecular weight excluding hydrogens is 234 g/mol. The lowest BCUT2D eigenvalue weighted by Crippen LogP contribution is -2.39. The molecule has 102 valence electrons. The predicted octanol–water partition coefficient (Wildman–Crippen LogP) is 2.37. The molecule has 0 bridgehead atoms. The van der Waals surface area contributed by atoms with Crippen LogP contribution in [0.3, 0.4) is 0 Å². The lowest BCUT2D eigenvalue weighted by atomic mass is 9.82. The van der Waals surface area contributed by atoms with Gasteiger partial charge in [0.25, 0.3) is 0 Å². The fraction of sp³-hybridized carbons (Fsp3) is 1.00. The van der Waals surface area contributed by atoms with Gasteiger partial charge in [-0.1, -0.05) is 26.2 Å². The Labute approximate surface area is 106 Å². The maximum absolute atomic E-state index is 11.6. The molecule has 3 unspecified atom stereocenters. The van der Waals surface area contributed by atoms with Crippen LogP contribution in [0.25, 0.3) is 0 Å². The summed E-state index contributed by atoms with van der Waals surface area (Å²) in [5.74, 6) is 0.542. The summed E-state index contributed by atoms with van der Waals surface area (Å²) in [4.78, 5) is 0. The third-order valence-electron chi connectivity index (χ3n) is 4.08. The molecule has 1 fully saturated rings. The summed E-state index contributed by atoms with van der Waals surface area (Å²) < 4.78 is 23.3. The van der Waals surface area contributed by atoms with Crippen LogP contribution in [0.15, 0.2) is 0 Å². The molecule has 3 atom stereocenters. The molecule has 0 aliphatic heterocycles. The average molecular weight is 261 g/mol. The molecule has 4 heteroatoms. The Morgan fingerprint density at radius 1 is 1.35 bits per heavy atom. The van der Waals surface area contributed by atoms with Crippen molar-refractivity contribution in [2.75, 3.05) is 13.3 Å². The van der Waals surface area contributed by atoms with Crippen LogP contribution in [-0.2, 0) is 9.84 Å². The third kappa shape index (κ3) is 4.59. The highest BCUT2D eigenvalue weighted by Crippen LogP contribution is 2.32. The predicted molar refractivity (Wildman–Crippen MR) is 73.0 cm³/mol. The van der Waals surface area contributed by atoms with Crippen LogP contribution in [0, 0.1) is 5.92 Å². The van der Waals surface area contributed by atoms with Crippen LogP contribution in [0.2, 0.25) is 0 Å². The first-order valence-corrected chi connectivity index (χ1v) is 8.80. The van der Waals surface area contributed by atoms with Gasteiger partial charge in [0, 0.05) is 12.3 Å². The van der Waals surface area contributed by atoms with Gasteiger partial charge in [0.05, 0.1) is 5.25 Å². The van der Waals surface area contributed by atoms with Crippen LogP contribution in [0.4, 0.5) is 0 Å². The van der Waals surface area contributed by atoms with Crippen molar-refractivity contribution in [3.05, 3.63) is 0 Å². The van der Waals surface area contributed by atoms with Crippen molar-refractivity contribution < 1.29 is 8.42 Å². The summed E-state index contributed by atoms with van der Waals surface area (Å²) in [5, 5.41) is 3.29. The van der Waals surface area contributed by atoms with E-state index in [0.717, 1.165) is 19.3 Å². The molecule has 1 N–H and O–H groups in total. The number of hydrogen-bond donors (Lipinski definition) is 1. The molecule has 1 rings (SSSR count). The van der Waals surface area contributed by atoms with Gasteiger partial charge in [-0.15, -0.1) is 0 Å². The third-order valence-corrected chi connectivity index (χ3v) is 5.72. The lowest BCUT2D eigenvalue weighted by molar-refractivity contribution is 0.265. The maximum Gasteiger partial charge on any atom is 0.150 e. The van der Waals surface area contributed by atoms with Crippen LogP contribution in [0.1, 0.15) is 51.9 Å². The minimum Gasteiger partial charge on any atom is -0.317 e. The van der Waals surface area contributed by atoms with Gasteiger partial charge >= 0.3 is 0 Å². The van der Waals surface area contributed by atoms with Gasteiger partial charge in [0.1, 0.15) is 9.84 Å². The van der Waals surface area contributed by atoms with Crippen molar-refractivity contribution in [1.29, 1.82) is 0 Å². The highest BCUT2D eigenvalue weighted by atomic mass is 32.2. The van der Waals surface area contributed by atoms with E-state index in [4.69, 9.17) is 0 Å². The first-order valence-electron chi connectivity index (χ1n) is 6.85. The summed E-state index contributed by atoms with van der Waals surface area (Å²) in [6.07, 6.45) is 8.96. The van der Waals surface area contributed by atoms with Gasteiger partial charge in [-0.3, -0.25) is 0 Å². The van der Waals surface area contributed by atoms with E-state index in [-0.39, 0.29) is 5.25 Å². The second kappa shape index (κ2) is 6.74. The van der Waals surface area contributed by atoms with Gasteiger partial charge < -0.3 is 5.32 Å². The molecule has 0 aromatic rings. The minimum atomic E-state index is -2.85. The molecule has 0 aromatic carbocycles. The Morgan fingerprint density at radius 3 is 2.59 bits per heavy atom. The Bertz CT molecular complexity index is 313. The van der Waals surface area contributed by atoms with Gasteiger partial charge in [-0.2, -0.15) is 0 Å². The van der Waals surface area contributed by atoms with E-state index in [2.05, 4.69) is 12.2 Å². The van der Waals surface area contributed by atoms with Crippen molar-refractivity contribution in [2.24, 2.45) is 5.92 Å². The van der Waals surface area contributed by atoms with Gasteiger partial charge in [0.2, 0.25) is 0 Å². The zero-order chi connectivity index (χ0) is 12.9. The van der Waals surface area contributed by atoms with Gasteiger partial charge in [-0.25, -0.2) is 8.42 Å². The summed E-state index contributed by atoms with van der Waals surface area (Å²) >= 11 is 0. The van der Waals surface area contributed by atoms with Crippen molar-refractivity contribution >= 4 is 9.84 Å². The number of unbranched alkanes of at least 4 members (excludes halogenated alkanes) is 1. The minimum absolute atomic E-state index is 0.0984. The highest BCUT2D eigenvalue weighted by Gasteiger charge is 2.32. The molecule has 0 heterocycles. The zero-order valence-electron chi connectivity index (χ0n) is 11.4. The van der Waals surface area contributed by atoms with Crippen LogP contribution < -0.4 is 5.32 Å². The van der Waals surface area contributed by atoms with E-state index in [1.165, 1.54) is 31.9 Å². The normalized spacial score (nSPS) is 27.9. The molecule has 0 amide bonds. The molecule has 3 nitrogen and oxygen atoms in total. The van der Waals surface area contributed by atoms with E-state index in [1.807, 2.05) is 7.05 Å². The summed E-state index contributed by atoms with van der Waals surface area (Å²) in [6, 6.07) is 0.500. The van der Waals surface area contributed by atoms with Gasteiger partial charge in [0.15, 0.2) is 0 Å². The fourth-order valence-electron chi connectivity index (χ4n) is 2.98. The van der Waals surface area contributed by atoms with E-state index in [0.29, 0.717) is 12.0 Å². The van der Waals surface area contributed by atoms with Crippen LogP contribution in [0.5, 0.6) is 0 Å². The SMILES string of the molecule is CCCCC(NC)C1CCCC(S(C)(=O)=O)C1. The highest BCUT2D eigenvalue weighted by molar-refractivity contribution is 7.91. The molecule has 1 aliphatic rings. The van der Waals surface area contributed by atoms with Crippen molar-refractivity contribution in [3.8, 4) is 0 Å². The maximum atomic E-state index is 11.6. The van der Waals surface area contributed by atoms with Crippen LogP contribution >= 0.6 is 0 Å². The summed E-state index contributed by atoms with van der Waals surface area (Å²) in [7, 11) is -0.844. The smallest absolute Gasteiger partial charge is 0.150 e. The summed E-state index contributed by atoms with van der Waals surface area (Å²) in [5.41, 5.74) is 0. The Hall–Kier alpha value is -0.0900. The quantitative estimate of drug-likeness (QED) is 0.798. The molecule has 0 spiro atoms. The zero-order valence-corrected chi connectivity index (χ0v) is 12.2. The summed E-state index contributed by atoms with van der Waals surface area (Å²) in [6.45, 7) is 2.20. The van der Waals surface area contributed by atoms with E-state index in [9.17, 15) is 8.42 Å². The fourth-order valence-corrected chi connectivity index (χ4v) is 4.17. The molecule has 1 aliphatic carbocycles. The number of hydrogen-bond acceptors (Lipinski definition) is 3. The van der Waals surface area contributed by atoms with Crippen molar-refractivity contribution in [2.45, 2.75) is 63.2 Å². The molecule has 0 saturated heterocycles. The van der Waals surface area contributed by atoms with E-state index >= 15 is 0 Å². The lowest BCUT2D eigenvalue weighted by Gasteiger charge is -2.33. The topological polar surface area (TPSA) is 46.2 Å². The molecule has 17 heavy (non-hydrogen) atoms. The second-order valence-electron chi connectivity index (χ2n) is 5.42. The van der Waals surface area contributed by atoms with E-state index in [1.54, 1.807) is 0 Å². The molecular formula is C13H27NO2S. The number of nitrogens with one attached hydrogen (secondary N) is 1. The number of rotatable bonds is 6. The first kappa shape index (κ1) is 15.0. The van der Waals surface area contributed by atoms with E-state index < -0.39 is 9.84 Å².